The average Bonchev–Trinajstić information content (AvgIpc) is 3.09. The highest BCUT2D eigenvalue weighted by Crippen LogP contribution is 2.15. The number of aryl methyl sites for hydroxylation is 2. The van der Waals surface area contributed by atoms with E-state index < -0.39 is 18.5 Å². The summed E-state index contributed by atoms with van der Waals surface area (Å²) in [4.78, 5) is 25.7. The molecule has 2 aromatic carbocycles. The predicted molar refractivity (Wildman–Crippen MR) is 101 cm³/mol. The molecular formula is C20H20N4O3. The Hall–Kier alpha value is -3.48. The van der Waals surface area contributed by atoms with Crippen LogP contribution in [-0.4, -0.2) is 33.5 Å². The minimum atomic E-state index is -0.686. The fourth-order valence-corrected chi connectivity index (χ4v) is 2.58. The fraction of sp³-hybridized carbons (Fsp3) is 0.200. The average molecular weight is 364 g/mol. The zero-order valence-corrected chi connectivity index (χ0v) is 15.2. The van der Waals surface area contributed by atoms with Gasteiger partial charge in [-0.1, -0.05) is 43.3 Å². The molecule has 3 rings (SSSR count). The number of ether oxygens (including phenoxy) is 1. The monoisotopic (exact) mass is 364 g/mol. The van der Waals surface area contributed by atoms with Gasteiger partial charge in [0.25, 0.3) is 5.91 Å². The molecule has 3 aromatic rings. The molecule has 0 aliphatic carbocycles. The van der Waals surface area contributed by atoms with Crippen molar-refractivity contribution < 1.29 is 14.3 Å². The van der Waals surface area contributed by atoms with Gasteiger partial charge in [-0.15, -0.1) is 5.10 Å². The second-order valence-electron chi connectivity index (χ2n) is 5.89. The summed E-state index contributed by atoms with van der Waals surface area (Å²) in [5.74, 6) is -1.09. The molecule has 1 aromatic heterocycles. The summed E-state index contributed by atoms with van der Waals surface area (Å²) in [7, 11) is 0. The van der Waals surface area contributed by atoms with E-state index in [0.717, 1.165) is 17.7 Å². The van der Waals surface area contributed by atoms with Crippen molar-refractivity contribution in [1.82, 2.24) is 15.0 Å². The second kappa shape index (κ2) is 8.27. The Morgan fingerprint density at radius 3 is 2.48 bits per heavy atom. The molecule has 0 spiro atoms. The molecule has 1 amide bonds. The number of hydrogen-bond donors (Lipinski definition) is 1. The van der Waals surface area contributed by atoms with Gasteiger partial charge in [0.15, 0.2) is 12.3 Å². The molecule has 0 fully saturated rings. The third-order valence-corrected chi connectivity index (χ3v) is 3.97. The smallest absolute Gasteiger partial charge is 0.361 e. The largest absolute Gasteiger partial charge is 0.451 e. The highest BCUT2D eigenvalue weighted by molar-refractivity contribution is 5.95. The maximum atomic E-state index is 12.3. The number of aromatic nitrogens is 3. The molecule has 0 bridgehead atoms. The van der Waals surface area contributed by atoms with Crippen LogP contribution in [-0.2, 0) is 16.0 Å². The quantitative estimate of drug-likeness (QED) is 0.680. The number of nitrogens with one attached hydrogen (secondary N) is 1. The molecular weight excluding hydrogens is 344 g/mol. The topological polar surface area (TPSA) is 86.1 Å². The maximum Gasteiger partial charge on any atom is 0.361 e. The Balaban J connectivity index is 1.62. The van der Waals surface area contributed by atoms with E-state index in [-0.39, 0.29) is 5.69 Å². The minimum Gasteiger partial charge on any atom is -0.451 e. The van der Waals surface area contributed by atoms with Gasteiger partial charge < -0.3 is 10.1 Å². The van der Waals surface area contributed by atoms with Gasteiger partial charge in [0.05, 0.1) is 11.4 Å². The van der Waals surface area contributed by atoms with Crippen LogP contribution >= 0.6 is 0 Å². The molecule has 27 heavy (non-hydrogen) atoms. The lowest BCUT2D eigenvalue weighted by Crippen LogP contribution is -2.22. The molecule has 0 saturated heterocycles. The lowest BCUT2D eigenvalue weighted by atomic mass is 10.1. The van der Waals surface area contributed by atoms with Crippen LogP contribution in [0.25, 0.3) is 5.69 Å². The summed E-state index contributed by atoms with van der Waals surface area (Å²) in [6, 6.07) is 16.7. The van der Waals surface area contributed by atoms with E-state index in [1.54, 1.807) is 6.92 Å². The van der Waals surface area contributed by atoms with Gasteiger partial charge in [-0.25, -0.2) is 4.79 Å². The summed E-state index contributed by atoms with van der Waals surface area (Å²) >= 11 is 0. The first-order chi connectivity index (χ1) is 13.1. The van der Waals surface area contributed by atoms with Gasteiger partial charge in [0.1, 0.15) is 0 Å². The molecule has 0 aliphatic rings. The lowest BCUT2D eigenvalue weighted by Gasteiger charge is -2.09. The van der Waals surface area contributed by atoms with E-state index in [9.17, 15) is 9.59 Å². The summed E-state index contributed by atoms with van der Waals surface area (Å²) in [6.07, 6.45) is 0.790. The first kappa shape index (κ1) is 18.3. The number of anilines is 1. The zero-order chi connectivity index (χ0) is 19.2. The number of amides is 1. The number of nitrogens with zero attached hydrogens (tertiary/aromatic N) is 3. The van der Waals surface area contributed by atoms with Crippen molar-refractivity contribution in [2.45, 2.75) is 20.3 Å². The number of hydrogen-bond acceptors (Lipinski definition) is 5. The van der Waals surface area contributed by atoms with Gasteiger partial charge in [-0.05, 0) is 37.1 Å². The summed E-state index contributed by atoms with van der Waals surface area (Å²) in [5.41, 5.74) is 2.97. The van der Waals surface area contributed by atoms with E-state index >= 15 is 0 Å². The molecule has 0 unspecified atom stereocenters. The number of para-hydroxylation sites is 2. The van der Waals surface area contributed by atoms with Gasteiger partial charge in [-0.3, -0.25) is 4.79 Å². The molecule has 7 nitrogen and oxygen atoms in total. The third-order valence-electron chi connectivity index (χ3n) is 3.97. The Kier molecular flexibility index (Phi) is 5.61. The minimum absolute atomic E-state index is 0.0839. The van der Waals surface area contributed by atoms with Gasteiger partial charge in [0.2, 0.25) is 0 Å². The number of esters is 1. The second-order valence-corrected chi connectivity index (χ2v) is 5.89. The molecule has 1 N–H and O–H groups in total. The van der Waals surface area contributed by atoms with Crippen molar-refractivity contribution in [3.05, 3.63) is 71.5 Å². The maximum absolute atomic E-state index is 12.3. The Morgan fingerprint density at radius 1 is 1.04 bits per heavy atom. The van der Waals surface area contributed by atoms with Crippen LogP contribution in [0, 0.1) is 6.92 Å². The Morgan fingerprint density at radius 2 is 1.74 bits per heavy atom. The first-order valence-corrected chi connectivity index (χ1v) is 8.62. The van der Waals surface area contributed by atoms with Crippen molar-refractivity contribution in [3.63, 3.8) is 0 Å². The van der Waals surface area contributed by atoms with Crippen LogP contribution in [0.2, 0.25) is 0 Å². The molecule has 0 radical (unpaired) electrons. The SMILES string of the molecule is CCc1ccccc1NC(=O)COC(=O)c1nn(-c2ccccc2)nc1C. The van der Waals surface area contributed by atoms with Gasteiger partial charge in [-0.2, -0.15) is 9.90 Å². The van der Waals surface area contributed by atoms with Gasteiger partial charge in [0, 0.05) is 5.69 Å². The standard InChI is InChI=1S/C20H20N4O3/c1-3-15-9-7-8-12-17(15)21-18(25)13-27-20(26)19-14(2)22-24(23-19)16-10-5-4-6-11-16/h4-12H,3,13H2,1-2H3,(H,21,25). The number of carbonyl (C=O) groups is 2. The van der Waals surface area contributed by atoms with Gasteiger partial charge >= 0.3 is 5.97 Å². The lowest BCUT2D eigenvalue weighted by molar-refractivity contribution is -0.119. The fourth-order valence-electron chi connectivity index (χ4n) is 2.58. The highest BCUT2D eigenvalue weighted by atomic mass is 16.5. The van der Waals surface area contributed by atoms with Crippen molar-refractivity contribution >= 4 is 17.6 Å². The molecule has 1 heterocycles. The van der Waals surface area contributed by atoms with Crippen LogP contribution in [0.3, 0.4) is 0 Å². The van der Waals surface area contributed by atoms with E-state index in [2.05, 4.69) is 15.5 Å². The molecule has 0 aliphatic heterocycles. The third kappa shape index (κ3) is 4.38. The van der Waals surface area contributed by atoms with Crippen LogP contribution in [0.15, 0.2) is 54.6 Å². The number of benzene rings is 2. The van der Waals surface area contributed by atoms with Crippen LogP contribution < -0.4 is 5.32 Å². The molecule has 138 valence electrons. The van der Waals surface area contributed by atoms with E-state index in [1.807, 2.05) is 61.5 Å². The van der Waals surface area contributed by atoms with Crippen molar-refractivity contribution in [2.75, 3.05) is 11.9 Å². The summed E-state index contributed by atoms with van der Waals surface area (Å²) in [5, 5.41) is 11.1. The molecule has 7 heteroatoms. The molecule has 0 saturated carbocycles. The van der Waals surface area contributed by atoms with Crippen LogP contribution in [0.4, 0.5) is 5.69 Å². The molecule has 0 atom stereocenters. The Bertz CT molecular complexity index is 951. The van der Waals surface area contributed by atoms with Crippen molar-refractivity contribution in [2.24, 2.45) is 0 Å². The zero-order valence-electron chi connectivity index (χ0n) is 15.2. The van der Waals surface area contributed by atoms with Crippen molar-refractivity contribution in [1.29, 1.82) is 0 Å². The number of carbonyl (C=O) groups excluding carboxylic acids is 2. The summed E-state index contributed by atoms with van der Waals surface area (Å²) in [6.45, 7) is 3.28. The normalized spacial score (nSPS) is 10.4. The Labute approximate surface area is 157 Å². The first-order valence-electron chi connectivity index (χ1n) is 8.62. The van der Waals surface area contributed by atoms with E-state index in [0.29, 0.717) is 11.4 Å². The van der Waals surface area contributed by atoms with E-state index in [4.69, 9.17) is 4.74 Å². The number of rotatable bonds is 6. The van der Waals surface area contributed by atoms with E-state index in [1.165, 1.54) is 4.80 Å². The van der Waals surface area contributed by atoms with Crippen LogP contribution in [0.5, 0.6) is 0 Å². The van der Waals surface area contributed by atoms with Crippen molar-refractivity contribution in [3.8, 4) is 5.69 Å². The highest BCUT2D eigenvalue weighted by Gasteiger charge is 2.19. The summed E-state index contributed by atoms with van der Waals surface area (Å²) < 4.78 is 5.10. The van der Waals surface area contributed by atoms with Crippen LogP contribution in [0.1, 0.15) is 28.7 Å². The predicted octanol–water partition coefficient (Wildman–Crippen LogP) is 2.93.